The van der Waals surface area contributed by atoms with E-state index in [0.717, 1.165) is 5.56 Å². The van der Waals surface area contributed by atoms with Crippen molar-refractivity contribution in [3.8, 4) is 0 Å². The van der Waals surface area contributed by atoms with Crippen LogP contribution in [0, 0.1) is 5.92 Å². The summed E-state index contributed by atoms with van der Waals surface area (Å²) >= 11 is 11.8. The van der Waals surface area contributed by atoms with Gasteiger partial charge in [-0.2, -0.15) is 0 Å². The Balaban J connectivity index is 1.55. The first-order valence-electron chi connectivity index (χ1n) is 7.34. The lowest BCUT2D eigenvalue weighted by molar-refractivity contribution is -0.139. The van der Waals surface area contributed by atoms with Gasteiger partial charge in [0.1, 0.15) is 4.33 Å². The summed E-state index contributed by atoms with van der Waals surface area (Å²) in [7, 11) is 0. The zero-order valence-electron chi connectivity index (χ0n) is 12.3. The Hall–Kier alpha value is -1.59. The summed E-state index contributed by atoms with van der Waals surface area (Å²) in [4.78, 5) is 36.3. The van der Waals surface area contributed by atoms with Gasteiger partial charge in [-0.05, 0) is 24.1 Å². The smallest absolute Gasteiger partial charge is 0.338 e. The Morgan fingerprint density at radius 2 is 1.74 bits per heavy atom. The Labute approximate surface area is 143 Å². The van der Waals surface area contributed by atoms with Crippen LogP contribution in [0.25, 0.3) is 0 Å². The highest BCUT2D eigenvalue weighted by atomic mass is 35.5. The van der Waals surface area contributed by atoms with Crippen LogP contribution in [0.4, 0.5) is 0 Å². The topological polar surface area (TPSA) is 63.7 Å². The molecular formula is C16H15Cl2NO4. The van der Waals surface area contributed by atoms with Crippen molar-refractivity contribution in [2.45, 2.75) is 30.1 Å². The number of hydrogen-bond donors (Lipinski definition) is 0. The van der Waals surface area contributed by atoms with Crippen molar-refractivity contribution in [3.05, 3.63) is 35.4 Å². The molecule has 0 N–H and O–H groups in total. The number of amides is 2. The summed E-state index contributed by atoms with van der Waals surface area (Å²) in [6.45, 7) is 0.431. The van der Waals surface area contributed by atoms with Crippen LogP contribution in [0.5, 0.6) is 0 Å². The van der Waals surface area contributed by atoms with E-state index in [0.29, 0.717) is 12.0 Å². The Morgan fingerprint density at radius 1 is 1.17 bits per heavy atom. The highest BCUT2D eigenvalue weighted by molar-refractivity contribution is 6.50. The summed E-state index contributed by atoms with van der Waals surface area (Å²) in [5.41, 5.74) is 1.19. The molecule has 23 heavy (non-hydrogen) atoms. The highest BCUT2D eigenvalue weighted by Gasteiger charge is 2.52. The predicted molar refractivity (Wildman–Crippen MR) is 84.1 cm³/mol. The van der Waals surface area contributed by atoms with Gasteiger partial charge in [0.15, 0.2) is 0 Å². The summed E-state index contributed by atoms with van der Waals surface area (Å²) in [5.74, 6) is -0.774. The third-order valence-electron chi connectivity index (χ3n) is 4.06. The molecule has 0 aromatic heterocycles. The van der Waals surface area contributed by atoms with E-state index in [1.54, 1.807) is 24.3 Å². The lowest BCUT2D eigenvalue weighted by Gasteiger charge is -2.13. The molecule has 0 radical (unpaired) electrons. The lowest BCUT2D eigenvalue weighted by Crippen LogP contribution is -2.28. The second-order valence-electron chi connectivity index (χ2n) is 5.83. The Kier molecular flexibility index (Phi) is 4.34. The van der Waals surface area contributed by atoms with E-state index in [2.05, 4.69) is 0 Å². The molecule has 0 unspecified atom stereocenters. The fourth-order valence-electron chi connectivity index (χ4n) is 2.44. The molecule has 7 heteroatoms. The van der Waals surface area contributed by atoms with Gasteiger partial charge in [0.2, 0.25) is 11.8 Å². The summed E-state index contributed by atoms with van der Waals surface area (Å²) in [6.07, 6.45) is 1.17. The normalized spacial score (nSPS) is 22.3. The molecule has 2 aliphatic rings. The minimum Gasteiger partial charge on any atom is -0.462 e. The molecule has 1 aliphatic heterocycles. The number of halogens is 2. The number of esters is 1. The average molecular weight is 356 g/mol. The number of likely N-dealkylation sites (tertiary alicyclic amines) is 1. The van der Waals surface area contributed by atoms with E-state index in [4.69, 9.17) is 27.9 Å². The van der Waals surface area contributed by atoms with Crippen molar-refractivity contribution < 1.29 is 19.1 Å². The molecule has 122 valence electrons. The van der Waals surface area contributed by atoms with Crippen molar-refractivity contribution in [1.29, 1.82) is 0 Å². The molecule has 1 aliphatic carbocycles. The zero-order valence-corrected chi connectivity index (χ0v) is 13.8. The summed E-state index contributed by atoms with van der Waals surface area (Å²) < 4.78 is 4.40. The van der Waals surface area contributed by atoms with Crippen molar-refractivity contribution in [1.82, 2.24) is 4.90 Å². The van der Waals surface area contributed by atoms with Gasteiger partial charge in [-0.1, -0.05) is 12.1 Å². The first kappa shape index (κ1) is 16.3. The molecule has 1 saturated carbocycles. The first-order valence-corrected chi connectivity index (χ1v) is 8.09. The van der Waals surface area contributed by atoms with Crippen LogP contribution in [0.2, 0.25) is 0 Å². The van der Waals surface area contributed by atoms with E-state index in [1.807, 2.05) is 0 Å². The maximum atomic E-state index is 11.9. The molecule has 0 bridgehead atoms. The van der Waals surface area contributed by atoms with Crippen LogP contribution in [-0.4, -0.2) is 33.6 Å². The quantitative estimate of drug-likeness (QED) is 0.462. The minimum absolute atomic E-state index is 0.0127. The van der Waals surface area contributed by atoms with Gasteiger partial charge in [-0.25, -0.2) is 4.79 Å². The average Bonchev–Trinajstić information content (AvgIpc) is 3.03. The van der Waals surface area contributed by atoms with E-state index >= 15 is 0 Å². The number of benzene rings is 1. The number of imide groups is 1. The van der Waals surface area contributed by atoms with Gasteiger partial charge in [-0.3, -0.25) is 14.5 Å². The molecule has 1 heterocycles. The minimum atomic E-state index is -0.765. The summed E-state index contributed by atoms with van der Waals surface area (Å²) in [5, 5.41) is 0. The molecule has 1 aromatic rings. The van der Waals surface area contributed by atoms with Gasteiger partial charge < -0.3 is 4.74 Å². The fraction of sp³-hybridized carbons (Fsp3) is 0.438. The number of nitrogens with zero attached hydrogens (tertiary/aromatic N) is 1. The molecular weight excluding hydrogens is 341 g/mol. The molecule has 1 atom stereocenters. The van der Waals surface area contributed by atoms with Crippen LogP contribution < -0.4 is 0 Å². The molecule has 3 rings (SSSR count). The number of carbonyl (C=O) groups is 3. The van der Waals surface area contributed by atoms with Gasteiger partial charge >= 0.3 is 5.97 Å². The standard InChI is InChI=1S/C16H15Cl2NO4/c17-16(18)7-12(16)9-23-15(22)11-3-1-10(2-4-11)8-19-13(20)5-6-14(19)21/h1-4,12H,5-9H2/t12-/m1/s1. The van der Waals surface area contributed by atoms with E-state index in [9.17, 15) is 14.4 Å². The number of ether oxygens (including phenoxy) is 1. The van der Waals surface area contributed by atoms with Gasteiger partial charge in [-0.15, -0.1) is 23.2 Å². The molecule has 1 saturated heterocycles. The Bertz CT molecular complexity index is 641. The fourth-order valence-corrected chi connectivity index (χ4v) is 2.94. The summed E-state index contributed by atoms with van der Waals surface area (Å²) in [6, 6.07) is 6.65. The molecule has 5 nitrogen and oxygen atoms in total. The van der Waals surface area contributed by atoms with E-state index in [-0.39, 0.29) is 43.7 Å². The molecule has 2 fully saturated rings. The van der Waals surface area contributed by atoms with Crippen LogP contribution in [-0.2, 0) is 20.9 Å². The van der Waals surface area contributed by atoms with E-state index in [1.165, 1.54) is 4.90 Å². The molecule has 2 amide bonds. The van der Waals surface area contributed by atoms with Gasteiger partial charge in [0.05, 0.1) is 18.7 Å². The molecule has 0 spiro atoms. The second kappa shape index (κ2) is 6.13. The Morgan fingerprint density at radius 3 is 2.26 bits per heavy atom. The number of rotatable bonds is 5. The van der Waals surface area contributed by atoms with Crippen molar-refractivity contribution in [2.24, 2.45) is 5.92 Å². The van der Waals surface area contributed by atoms with E-state index < -0.39 is 10.3 Å². The maximum absolute atomic E-state index is 11.9. The van der Waals surface area contributed by atoms with Crippen molar-refractivity contribution in [2.75, 3.05) is 6.61 Å². The molecule has 1 aromatic carbocycles. The third-order valence-corrected chi connectivity index (χ3v) is 4.98. The van der Waals surface area contributed by atoms with Crippen LogP contribution in [0.15, 0.2) is 24.3 Å². The van der Waals surface area contributed by atoms with Crippen LogP contribution in [0.3, 0.4) is 0 Å². The number of hydrogen-bond acceptors (Lipinski definition) is 4. The van der Waals surface area contributed by atoms with Crippen molar-refractivity contribution >= 4 is 41.0 Å². The van der Waals surface area contributed by atoms with Crippen LogP contribution >= 0.6 is 23.2 Å². The number of carbonyl (C=O) groups excluding carboxylic acids is 3. The monoisotopic (exact) mass is 355 g/mol. The number of alkyl halides is 2. The van der Waals surface area contributed by atoms with Crippen molar-refractivity contribution in [3.63, 3.8) is 0 Å². The van der Waals surface area contributed by atoms with Crippen LogP contribution in [0.1, 0.15) is 35.2 Å². The largest absolute Gasteiger partial charge is 0.462 e. The predicted octanol–water partition coefficient (Wildman–Crippen LogP) is 2.69. The third kappa shape index (κ3) is 3.67. The van der Waals surface area contributed by atoms with Gasteiger partial charge in [0, 0.05) is 18.8 Å². The lowest BCUT2D eigenvalue weighted by atomic mass is 10.1. The highest BCUT2D eigenvalue weighted by Crippen LogP contribution is 2.53. The second-order valence-corrected chi connectivity index (χ2v) is 7.37. The SMILES string of the molecule is O=C(OC[C@H]1CC1(Cl)Cl)c1ccc(CN2C(=O)CCC2=O)cc1. The first-order chi connectivity index (χ1) is 10.9. The van der Waals surface area contributed by atoms with Gasteiger partial charge in [0.25, 0.3) is 0 Å². The zero-order chi connectivity index (χ0) is 16.6. The maximum Gasteiger partial charge on any atom is 0.338 e.